The van der Waals surface area contributed by atoms with Gasteiger partial charge in [-0.2, -0.15) is 5.10 Å². The number of aryl methyl sites for hydroxylation is 2. The molecule has 22 heavy (non-hydrogen) atoms. The molecule has 4 rings (SSSR count). The van der Waals surface area contributed by atoms with E-state index >= 15 is 0 Å². The molecule has 0 radical (unpaired) electrons. The van der Waals surface area contributed by atoms with Gasteiger partial charge in [-0.25, -0.2) is 9.67 Å². The highest BCUT2D eigenvalue weighted by Crippen LogP contribution is 2.28. The van der Waals surface area contributed by atoms with E-state index in [1.165, 1.54) is 27.7 Å². The highest BCUT2D eigenvalue weighted by atomic mass is 15.3. The highest BCUT2D eigenvalue weighted by molar-refractivity contribution is 5.85. The summed E-state index contributed by atoms with van der Waals surface area (Å²) in [7, 11) is 0. The molecule has 5 heteroatoms. The fourth-order valence-electron chi connectivity index (χ4n) is 3.39. The van der Waals surface area contributed by atoms with Crippen molar-refractivity contribution in [2.24, 2.45) is 0 Å². The minimum atomic E-state index is 0.867. The van der Waals surface area contributed by atoms with Gasteiger partial charge < -0.3 is 4.98 Å². The lowest BCUT2D eigenvalue weighted by atomic mass is 10.0. The number of hydrogen-bond acceptors (Lipinski definition) is 3. The van der Waals surface area contributed by atoms with E-state index < -0.39 is 0 Å². The summed E-state index contributed by atoms with van der Waals surface area (Å²) in [4.78, 5) is 10.5. The zero-order chi connectivity index (χ0) is 15.1. The molecule has 0 atom stereocenters. The molecule has 1 aliphatic rings. The Hall–Kier alpha value is -2.14. The molecule has 3 aromatic rings. The highest BCUT2D eigenvalue weighted by Gasteiger charge is 2.21. The molecule has 0 saturated carbocycles. The van der Waals surface area contributed by atoms with Gasteiger partial charge in [0.1, 0.15) is 12.2 Å². The predicted octanol–water partition coefficient (Wildman–Crippen LogP) is 2.65. The monoisotopic (exact) mass is 295 g/mol. The predicted molar refractivity (Wildman–Crippen MR) is 86.5 cm³/mol. The molecule has 3 heterocycles. The Balaban J connectivity index is 1.63. The second-order valence-electron chi connectivity index (χ2n) is 6.08. The van der Waals surface area contributed by atoms with Gasteiger partial charge in [0.2, 0.25) is 0 Å². The molecule has 0 unspecified atom stereocenters. The molecule has 0 spiro atoms. The molecule has 1 aromatic carbocycles. The van der Waals surface area contributed by atoms with Crippen molar-refractivity contribution in [1.82, 2.24) is 24.6 Å². The van der Waals surface area contributed by atoms with Crippen LogP contribution >= 0.6 is 0 Å². The lowest BCUT2D eigenvalue weighted by Gasteiger charge is -2.26. The molecule has 5 nitrogen and oxygen atoms in total. The average Bonchev–Trinajstić information content (AvgIpc) is 3.11. The van der Waals surface area contributed by atoms with E-state index in [1.54, 1.807) is 6.33 Å². The third-order valence-electron chi connectivity index (χ3n) is 4.57. The zero-order valence-corrected chi connectivity index (χ0v) is 13.1. The summed E-state index contributed by atoms with van der Waals surface area (Å²) < 4.78 is 1.98. The average molecular weight is 295 g/mol. The fourth-order valence-corrected chi connectivity index (χ4v) is 3.39. The van der Waals surface area contributed by atoms with Crippen molar-refractivity contribution < 1.29 is 0 Å². The number of rotatable bonds is 3. The first-order chi connectivity index (χ1) is 10.7. The maximum atomic E-state index is 4.40. The van der Waals surface area contributed by atoms with Crippen LogP contribution in [0.15, 0.2) is 24.5 Å². The summed E-state index contributed by atoms with van der Waals surface area (Å²) >= 11 is 0. The van der Waals surface area contributed by atoms with Crippen LogP contribution in [0.1, 0.15) is 29.6 Å². The summed E-state index contributed by atoms with van der Waals surface area (Å²) in [5.41, 5.74) is 5.42. The van der Waals surface area contributed by atoms with Crippen LogP contribution in [0, 0.1) is 6.92 Å². The summed E-state index contributed by atoms with van der Waals surface area (Å²) in [6, 6.07) is 6.66. The number of H-pyrrole nitrogens is 1. The lowest BCUT2D eigenvalue weighted by Crippen LogP contribution is -2.31. The number of hydrogen-bond donors (Lipinski definition) is 1. The summed E-state index contributed by atoms with van der Waals surface area (Å²) in [5.74, 6) is 1.06. The molecule has 114 valence electrons. The quantitative estimate of drug-likeness (QED) is 0.808. The molecule has 0 bridgehead atoms. The fraction of sp³-hybridized carbons (Fsp3) is 0.412. The van der Waals surface area contributed by atoms with E-state index in [2.05, 4.69) is 52.0 Å². The van der Waals surface area contributed by atoms with E-state index in [0.29, 0.717) is 0 Å². The van der Waals surface area contributed by atoms with Gasteiger partial charge in [0.15, 0.2) is 0 Å². The van der Waals surface area contributed by atoms with E-state index in [0.717, 1.165) is 38.4 Å². The van der Waals surface area contributed by atoms with Gasteiger partial charge in [-0.05, 0) is 31.5 Å². The van der Waals surface area contributed by atoms with Crippen LogP contribution in [0.5, 0.6) is 0 Å². The molecule has 1 aliphatic heterocycles. The van der Waals surface area contributed by atoms with Crippen molar-refractivity contribution in [2.45, 2.75) is 39.9 Å². The van der Waals surface area contributed by atoms with Crippen LogP contribution in [-0.4, -0.2) is 31.2 Å². The standard InChI is InChI=1S/C17H21N5/c1-3-22-17(18-11-19-22)10-21-7-6-16-14(9-21)13-8-12(2)4-5-15(13)20-16/h4-5,8,11,20H,3,6-7,9-10H2,1-2H3. The van der Waals surface area contributed by atoms with Crippen molar-refractivity contribution in [1.29, 1.82) is 0 Å². The molecular formula is C17H21N5. The van der Waals surface area contributed by atoms with Crippen LogP contribution in [0.25, 0.3) is 10.9 Å². The number of fused-ring (bicyclic) bond motifs is 3. The van der Waals surface area contributed by atoms with Gasteiger partial charge in [-0.1, -0.05) is 11.6 Å². The largest absolute Gasteiger partial charge is 0.358 e. The minimum absolute atomic E-state index is 0.867. The van der Waals surface area contributed by atoms with Crippen molar-refractivity contribution in [3.05, 3.63) is 47.2 Å². The second kappa shape index (κ2) is 5.25. The summed E-state index contributed by atoms with van der Waals surface area (Å²) in [5, 5.41) is 5.64. The molecule has 2 aromatic heterocycles. The van der Waals surface area contributed by atoms with Crippen LogP contribution in [0.4, 0.5) is 0 Å². The number of nitrogens with zero attached hydrogens (tertiary/aromatic N) is 4. The van der Waals surface area contributed by atoms with Crippen LogP contribution < -0.4 is 0 Å². The Kier molecular flexibility index (Phi) is 3.22. The molecule has 1 N–H and O–H groups in total. The third kappa shape index (κ3) is 2.22. The van der Waals surface area contributed by atoms with Crippen molar-refractivity contribution in [3.8, 4) is 0 Å². The normalized spacial score (nSPS) is 15.4. The lowest BCUT2D eigenvalue weighted by molar-refractivity contribution is 0.235. The molecular weight excluding hydrogens is 274 g/mol. The van der Waals surface area contributed by atoms with Crippen molar-refractivity contribution in [2.75, 3.05) is 6.54 Å². The van der Waals surface area contributed by atoms with Crippen LogP contribution in [0.3, 0.4) is 0 Å². The Labute approximate surface area is 130 Å². The molecule has 0 fully saturated rings. The maximum absolute atomic E-state index is 4.40. The van der Waals surface area contributed by atoms with Crippen molar-refractivity contribution in [3.63, 3.8) is 0 Å². The number of nitrogens with one attached hydrogen (secondary N) is 1. The summed E-state index contributed by atoms with van der Waals surface area (Å²) in [6.07, 6.45) is 2.73. The first kappa shape index (κ1) is 13.5. The van der Waals surface area contributed by atoms with E-state index in [-0.39, 0.29) is 0 Å². The van der Waals surface area contributed by atoms with E-state index in [1.807, 2.05) is 4.68 Å². The van der Waals surface area contributed by atoms with Gasteiger partial charge in [0, 0.05) is 42.7 Å². The smallest absolute Gasteiger partial charge is 0.141 e. The van der Waals surface area contributed by atoms with E-state index in [9.17, 15) is 0 Å². The van der Waals surface area contributed by atoms with Gasteiger partial charge in [-0.15, -0.1) is 0 Å². The number of benzene rings is 1. The first-order valence-corrected chi connectivity index (χ1v) is 7.93. The molecule has 0 aliphatic carbocycles. The minimum Gasteiger partial charge on any atom is -0.358 e. The Morgan fingerprint density at radius 3 is 3.09 bits per heavy atom. The Morgan fingerprint density at radius 2 is 2.23 bits per heavy atom. The first-order valence-electron chi connectivity index (χ1n) is 7.93. The molecule has 0 saturated heterocycles. The van der Waals surface area contributed by atoms with Gasteiger partial charge >= 0.3 is 0 Å². The van der Waals surface area contributed by atoms with Gasteiger partial charge in [0.25, 0.3) is 0 Å². The zero-order valence-electron chi connectivity index (χ0n) is 13.1. The van der Waals surface area contributed by atoms with Crippen molar-refractivity contribution >= 4 is 10.9 Å². The second-order valence-corrected chi connectivity index (χ2v) is 6.08. The molecule has 0 amide bonds. The van der Waals surface area contributed by atoms with Gasteiger partial charge in [0.05, 0.1) is 6.54 Å². The number of aromatic amines is 1. The summed E-state index contributed by atoms with van der Waals surface area (Å²) in [6.45, 7) is 8.05. The van der Waals surface area contributed by atoms with E-state index in [4.69, 9.17) is 0 Å². The SMILES string of the molecule is CCn1ncnc1CN1CCc2[nH]c3ccc(C)cc3c2C1. The topological polar surface area (TPSA) is 49.7 Å². The maximum Gasteiger partial charge on any atom is 0.141 e. The number of aromatic nitrogens is 4. The third-order valence-corrected chi connectivity index (χ3v) is 4.57. The van der Waals surface area contributed by atoms with Crippen LogP contribution in [0.2, 0.25) is 0 Å². The Morgan fingerprint density at radius 1 is 1.32 bits per heavy atom. The van der Waals surface area contributed by atoms with Crippen LogP contribution in [-0.2, 0) is 26.1 Å². The van der Waals surface area contributed by atoms with Gasteiger partial charge in [-0.3, -0.25) is 4.90 Å². The Bertz CT molecular complexity index is 814.